The summed E-state index contributed by atoms with van der Waals surface area (Å²) in [5.41, 5.74) is -0.0665. The van der Waals surface area contributed by atoms with E-state index in [1.165, 1.54) is 0 Å². The molecule has 3 unspecified atom stereocenters. The van der Waals surface area contributed by atoms with E-state index in [1.807, 2.05) is 0 Å². The highest BCUT2D eigenvalue weighted by Crippen LogP contribution is 2.37. The molecule has 1 N–H and O–H groups in total. The van der Waals surface area contributed by atoms with Crippen LogP contribution < -0.4 is 5.32 Å². The van der Waals surface area contributed by atoms with Gasteiger partial charge in [0.15, 0.2) is 0 Å². The lowest BCUT2D eigenvalue weighted by Gasteiger charge is -2.34. The lowest BCUT2D eigenvalue weighted by atomic mass is 9.92. The van der Waals surface area contributed by atoms with Crippen LogP contribution >= 0.6 is 0 Å². The summed E-state index contributed by atoms with van der Waals surface area (Å²) in [6, 6.07) is 1.04. The number of hydrogen-bond acceptors (Lipinski definition) is 3. The van der Waals surface area contributed by atoms with Crippen molar-refractivity contribution in [3.63, 3.8) is 0 Å². The zero-order valence-corrected chi connectivity index (χ0v) is 11.9. The molecule has 3 atom stereocenters. The monoisotopic (exact) mass is 241 g/mol. The van der Waals surface area contributed by atoms with Gasteiger partial charge in [-0.05, 0) is 53.9 Å². The van der Waals surface area contributed by atoms with Gasteiger partial charge < -0.3 is 14.8 Å². The Morgan fingerprint density at radius 1 is 1.18 bits per heavy atom. The summed E-state index contributed by atoms with van der Waals surface area (Å²) < 4.78 is 11.7. The van der Waals surface area contributed by atoms with Crippen molar-refractivity contribution in [3.05, 3.63) is 0 Å². The summed E-state index contributed by atoms with van der Waals surface area (Å²) in [5, 5.41) is 3.79. The van der Waals surface area contributed by atoms with Crippen molar-refractivity contribution in [3.8, 4) is 0 Å². The molecular formula is C14H27NO2. The second kappa shape index (κ2) is 4.52. The van der Waals surface area contributed by atoms with Gasteiger partial charge in [0, 0.05) is 18.7 Å². The Morgan fingerprint density at radius 3 is 2.41 bits per heavy atom. The standard InChI is InChI=1S/C14H27NO2/c1-10-8-11(6-7-16-10)15-12-9-13(2,3)17-14(12,4)5/h10-12,15H,6-9H2,1-5H3. The van der Waals surface area contributed by atoms with Crippen LogP contribution in [-0.2, 0) is 9.47 Å². The van der Waals surface area contributed by atoms with E-state index in [0.29, 0.717) is 18.2 Å². The van der Waals surface area contributed by atoms with Crippen LogP contribution in [0, 0.1) is 0 Å². The number of ether oxygens (including phenoxy) is 2. The molecule has 0 radical (unpaired) electrons. The van der Waals surface area contributed by atoms with Crippen LogP contribution in [0.1, 0.15) is 53.9 Å². The van der Waals surface area contributed by atoms with Crippen LogP contribution in [0.2, 0.25) is 0 Å². The van der Waals surface area contributed by atoms with Gasteiger partial charge in [0.05, 0.1) is 17.3 Å². The van der Waals surface area contributed by atoms with Crippen LogP contribution in [0.3, 0.4) is 0 Å². The smallest absolute Gasteiger partial charge is 0.0787 e. The van der Waals surface area contributed by atoms with Crippen molar-refractivity contribution >= 4 is 0 Å². The summed E-state index contributed by atoms with van der Waals surface area (Å²) in [4.78, 5) is 0. The van der Waals surface area contributed by atoms with Gasteiger partial charge in [-0.2, -0.15) is 0 Å². The lowest BCUT2D eigenvalue weighted by Crippen LogP contribution is -2.50. The zero-order valence-electron chi connectivity index (χ0n) is 11.9. The second-order valence-electron chi connectivity index (χ2n) is 6.79. The molecule has 2 saturated heterocycles. The Kier molecular flexibility index (Phi) is 3.54. The van der Waals surface area contributed by atoms with Crippen LogP contribution in [0.25, 0.3) is 0 Å². The largest absolute Gasteiger partial charge is 0.378 e. The van der Waals surface area contributed by atoms with Gasteiger partial charge in [0.1, 0.15) is 0 Å². The summed E-state index contributed by atoms with van der Waals surface area (Å²) >= 11 is 0. The highest BCUT2D eigenvalue weighted by molar-refractivity contribution is 5.00. The third kappa shape index (κ3) is 3.21. The van der Waals surface area contributed by atoms with Gasteiger partial charge in [0.25, 0.3) is 0 Å². The average Bonchev–Trinajstić information content (AvgIpc) is 2.34. The quantitative estimate of drug-likeness (QED) is 0.805. The van der Waals surface area contributed by atoms with Crippen molar-refractivity contribution in [1.82, 2.24) is 5.32 Å². The predicted octanol–water partition coefficient (Wildman–Crippen LogP) is 2.49. The fourth-order valence-electron chi connectivity index (χ4n) is 3.26. The average molecular weight is 241 g/mol. The molecule has 0 aromatic rings. The molecule has 3 nitrogen and oxygen atoms in total. The third-order valence-corrected chi connectivity index (χ3v) is 4.00. The minimum absolute atomic E-state index is 0.00203. The van der Waals surface area contributed by atoms with Gasteiger partial charge in [0.2, 0.25) is 0 Å². The number of hydrogen-bond donors (Lipinski definition) is 1. The van der Waals surface area contributed by atoms with Crippen molar-refractivity contribution in [2.75, 3.05) is 6.61 Å². The molecule has 3 heteroatoms. The topological polar surface area (TPSA) is 30.5 Å². The van der Waals surface area contributed by atoms with E-state index in [1.54, 1.807) is 0 Å². The molecule has 0 amide bonds. The SMILES string of the molecule is CC1CC(NC2CC(C)(C)OC2(C)C)CCO1. The van der Waals surface area contributed by atoms with Crippen LogP contribution in [0.15, 0.2) is 0 Å². The molecule has 100 valence electrons. The second-order valence-corrected chi connectivity index (χ2v) is 6.79. The molecule has 0 aromatic heterocycles. The highest BCUT2D eigenvalue weighted by atomic mass is 16.5. The van der Waals surface area contributed by atoms with Crippen molar-refractivity contribution in [2.45, 2.75) is 83.3 Å². The van der Waals surface area contributed by atoms with Crippen molar-refractivity contribution < 1.29 is 9.47 Å². The molecule has 2 heterocycles. The van der Waals surface area contributed by atoms with Crippen LogP contribution in [0.5, 0.6) is 0 Å². The Balaban J connectivity index is 1.94. The van der Waals surface area contributed by atoms with E-state index in [0.717, 1.165) is 25.9 Å². The fourth-order valence-corrected chi connectivity index (χ4v) is 3.26. The molecule has 2 rings (SSSR count). The first-order chi connectivity index (χ1) is 7.78. The predicted molar refractivity (Wildman–Crippen MR) is 69.2 cm³/mol. The Labute approximate surface area is 105 Å². The first-order valence-electron chi connectivity index (χ1n) is 6.86. The number of rotatable bonds is 2. The van der Waals surface area contributed by atoms with Gasteiger partial charge in [-0.1, -0.05) is 0 Å². The molecule has 17 heavy (non-hydrogen) atoms. The number of nitrogens with one attached hydrogen (secondary N) is 1. The molecule has 2 aliphatic rings. The van der Waals surface area contributed by atoms with Crippen molar-refractivity contribution in [2.24, 2.45) is 0 Å². The Bertz CT molecular complexity index is 275. The summed E-state index contributed by atoms with van der Waals surface area (Å²) in [5.74, 6) is 0. The van der Waals surface area contributed by atoms with E-state index in [9.17, 15) is 0 Å². The molecule has 0 aliphatic carbocycles. The molecule has 0 spiro atoms. The van der Waals surface area contributed by atoms with Crippen LogP contribution in [0.4, 0.5) is 0 Å². The van der Waals surface area contributed by atoms with Crippen LogP contribution in [-0.4, -0.2) is 36.0 Å². The molecule has 2 fully saturated rings. The molecular weight excluding hydrogens is 214 g/mol. The molecule has 2 aliphatic heterocycles. The maximum atomic E-state index is 6.12. The normalized spacial score (nSPS) is 40.4. The van der Waals surface area contributed by atoms with Gasteiger partial charge in [-0.3, -0.25) is 0 Å². The summed E-state index contributed by atoms with van der Waals surface area (Å²) in [7, 11) is 0. The van der Waals surface area contributed by atoms with Gasteiger partial charge in [-0.15, -0.1) is 0 Å². The van der Waals surface area contributed by atoms with Gasteiger partial charge >= 0.3 is 0 Å². The van der Waals surface area contributed by atoms with E-state index in [2.05, 4.69) is 39.9 Å². The minimum Gasteiger partial charge on any atom is -0.378 e. The molecule has 0 saturated carbocycles. The zero-order chi connectivity index (χ0) is 12.7. The van der Waals surface area contributed by atoms with E-state index in [-0.39, 0.29) is 11.2 Å². The summed E-state index contributed by atoms with van der Waals surface area (Å²) in [6.07, 6.45) is 3.72. The highest BCUT2D eigenvalue weighted by Gasteiger charge is 2.46. The lowest BCUT2D eigenvalue weighted by molar-refractivity contribution is -0.0721. The minimum atomic E-state index is -0.0644. The molecule has 0 aromatic carbocycles. The first-order valence-corrected chi connectivity index (χ1v) is 6.86. The third-order valence-electron chi connectivity index (χ3n) is 4.00. The van der Waals surface area contributed by atoms with E-state index < -0.39 is 0 Å². The maximum absolute atomic E-state index is 6.12. The summed E-state index contributed by atoms with van der Waals surface area (Å²) in [6.45, 7) is 11.8. The van der Waals surface area contributed by atoms with E-state index >= 15 is 0 Å². The Hall–Kier alpha value is -0.120. The van der Waals surface area contributed by atoms with E-state index in [4.69, 9.17) is 9.47 Å². The Morgan fingerprint density at radius 2 is 1.88 bits per heavy atom. The molecule has 0 bridgehead atoms. The van der Waals surface area contributed by atoms with Gasteiger partial charge in [-0.25, -0.2) is 0 Å². The first kappa shape index (κ1) is 13.3. The van der Waals surface area contributed by atoms with Crippen molar-refractivity contribution in [1.29, 1.82) is 0 Å². The fraction of sp³-hybridized carbons (Fsp3) is 1.00. The maximum Gasteiger partial charge on any atom is 0.0787 e.